The summed E-state index contributed by atoms with van der Waals surface area (Å²) in [5.74, 6) is -0.243. The molecule has 0 spiro atoms. The lowest BCUT2D eigenvalue weighted by atomic mass is 9.95. The summed E-state index contributed by atoms with van der Waals surface area (Å²) in [5.41, 5.74) is 5.16. The fourth-order valence-electron chi connectivity index (χ4n) is 1.90. The molecule has 100 valence electrons. The lowest BCUT2D eigenvalue weighted by Crippen LogP contribution is -2.21. The third kappa shape index (κ3) is 2.80. The highest BCUT2D eigenvalue weighted by Gasteiger charge is 2.16. The zero-order chi connectivity index (χ0) is 13.9. The van der Waals surface area contributed by atoms with Crippen molar-refractivity contribution in [3.05, 3.63) is 28.3 Å². The average molecular weight is 271 g/mol. The highest BCUT2D eigenvalue weighted by atomic mass is 32.2. The molecular formula is C11H17N3O3S. The van der Waals surface area contributed by atoms with Crippen molar-refractivity contribution in [1.82, 2.24) is 5.48 Å². The van der Waals surface area contributed by atoms with Gasteiger partial charge in [0, 0.05) is 5.56 Å². The molecule has 0 heterocycles. The summed E-state index contributed by atoms with van der Waals surface area (Å²) >= 11 is 0. The van der Waals surface area contributed by atoms with Crippen LogP contribution in [-0.2, 0) is 17.3 Å². The molecule has 0 aliphatic carbocycles. The lowest BCUT2D eigenvalue weighted by Gasteiger charge is -2.17. The number of amidine groups is 1. The minimum atomic E-state index is -2.82. The Morgan fingerprint density at radius 1 is 1.44 bits per heavy atom. The molecule has 0 aromatic heterocycles. The second-order valence-electron chi connectivity index (χ2n) is 3.93. The molecule has 4 N–H and O–H groups in total. The summed E-state index contributed by atoms with van der Waals surface area (Å²) in [6.07, 6.45) is 0.630. The zero-order valence-electron chi connectivity index (χ0n) is 10.5. The van der Waals surface area contributed by atoms with Gasteiger partial charge in [-0.05, 0) is 43.0 Å². The van der Waals surface area contributed by atoms with Crippen LogP contribution < -0.4 is 10.2 Å². The van der Waals surface area contributed by atoms with Crippen molar-refractivity contribution >= 4 is 22.4 Å². The van der Waals surface area contributed by atoms with Crippen molar-refractivity contribution in [2.24, 2.45) is 0 Å². The first kappa shape index (κ1) is 14.5. The van der Waals surface area contributed by atoms with Crippen LogP contribution in [0.2, 0.25) is 0 Å². The maximum Gasteiger partial charge on any atom is 0.222 e. The smallest absolute Gasteiger partial charge is 0.222 e. The predicted octanol–water partition coefficient (Wildman–Crippen LogP) is 1.11. The van der Waals surface area contributed by atoms with Crippen molar-refractivity contribution < 1.29 is 13.6 Å². The quantitative estimate of drug-likeness (QED) is 0.245. The van der Waals surface area contributed by atoms with Crippen LogP contribution in [0.15, 0.2) is 6.07 Å². The Hall–Kier alpha value is -1.60. The Morgan fingerprint density at radius 2 is 2.06 bits per heavy atom. The molecule has 0 unspecified atom stereocenters. The first-order chi connectivity index (χ1) is 8.42. The standard InChI is InChI=1S/C11H17N3O3S/c1-4-8-7(3)6(2)5-9(11(12)13-15)10(8)14-18(16)17/h5,15,18H,4H2,1-3H3,(H2,12,13)(H,14,16,17). The van der Waals surface area contributed by atoms with E-state index < -0.39 is 10.9 Å². The maximum atomic E-state index is 10.9. The molecule has 0 saturated heterocycles. The van der Waals surface area contributed by atoms with E-state index in [4.69, 9.17) is 10.6 Å². The van der Waals surface area contributed by atoms with Crippen LogP contribution in [0.3, 0.4) is 0 Å². The fourth-order valence-corrected chi connectivity index (χ4v) is 2.34. The van der Waals surface area contributed by atoms with E-state index in [0.717, 1.165) is 16.7 Å². The Kier molecular flexibility index (Phi) is 4.69. The third-order valence-corrected chi connectivity index (χ3v) is 3.32. The summed E-state index contributed by atoms with van der Waals surface area (Å²) in [4.78, 5) is 0. The predicted molar refractivity (Wildman–Crippen MR) is 71.0 cm³/mol. The van der Waals surface area contributed by atoms with Crippen LogP contribution in [0.5, 0.6) is 0 Å². The van der Waals surface area contributed by atoms with Gasteiger partial charge in [-0.2, -0.15) is 0 Å². The number of anilines is 1. The van der Waals surface area contributed by atoms with Crippen molar-refractivity contribution in [1.29, 1.82) is 5.41 Å². The van der Waals surface area contributed by atoms with E-state index in [1.165, 1.54) is 0 Å². The second kappa shape index (κ2) is 5.83. The molecule has 6 nitrogen and oxygen atoms in total. The summed E-state index contributed by atoms with van der Waals surface area (Å²) < 4.78 is 24.1. The van der Waals surface area contributed by atoms with E-state index in [1.54, 1.807) is 11.5 Å². The number of hydroxylamine groups is 1. The van der Waals surface area contributed by atoms with E-state index in [1.807, 2.05) is 20.8 Å². The van der Waals surface area contributed by atoms with Crippen LogP contribution in [0, 0.1) is 19.3 Å². The lowest BCUT2D eigenvalue weighted by molar-refractivity contribution is 0.234. The Balaban J connectivity index is 3.57. The molecular weight excluding hydrogens is 254 g/mol. The van der Waals surface area contributed by atoms with Gasteiger partial charge in [-0.1, -0.05) is 6.92 Å². The molecule has 0 amide bonds. The molecule has 18 heavy (non-hydrogen) atoms. The van der Waals surface area contributed by atoms with Gasteiger partial charge in [-0.25, -0.2) is 8.42 Å². The average Bonchev–Trinajstić information content (AvgIpc) is 2.32. The van der Waals surface area contributed by atoms with Crippen LogP contribution in [0.1, 0.15) is 29.2 Å². The van der Waals surface area contributed by atoms with Crippen molar-refractivity contribution in [3.8, 4) is 0 Å². The highest BCUT2D eigenvalue weighted by Crippen LogP contribution is 2.28. The Labute approximate surface area is 108 Å². The van der Waals surface area contributed by atoms with Crippen LogP contribution in [0.25, 0.3) is 0 Å². The van der Waals surface area contributed by atoms with E-state index >= 15 is 0 Å². The van der Waals surface area contributed by atoms with Crippen LogP contribution >= 0.6 is 0 Å². The number of nitrogens with one attached hydrogen (secondary N) is 3. The van der Waals surface area contributed by atoms with Crippen molar-refractivity contribution in [2.75, 3.05) is 4.72 Å². The van der Waals surface area contributed by atoms with Gasteiger partial charge in [0.2, 0.25) is 10.9 Å². The van der Waals surface area contributed by atoms with Crippen molar-refractivity contribution in [2.45, 2.75) is 27.2 Å². The number of benzene rings is 1. The summed E-state index contributed by atoms with van der Waals surface area (Å²) in [6.45, 7) is 5.69. The van der Waals surface area contributed by atoms with Crippen LogP contribution in [-0.4, -0.2) is 19.5 Å². The van der Waals surface area contributed by atoms with Crippen LogP contribution in [0.4, 0.5) is 5.69 Å². The van der Waals surface area contributed by atoms with E-state index in [9.17, 15) is 8.42 Å². The summed E-state index contributed by atoms with van der Waals surface area (Å²) in [5, 5.41) is 16.4. The number of hydrogen-bond donors (Lipinski definition) is 5. The monoisotopic (exact) mass is 271 g/mol. The number of aryl methyl sites for hydroxylation is 1. The van der Waals surface area contributed by atoms with E-state index in [2.05, 4.69) is 4.72 Å². The summed E-state index contributed by atoms with van der Waals surface area (Å²) in [6, 6.07) is 1.67. The van der Waals surface area contributed by atoms with Gasteiger partial charge in [0.15, 0.2) is 5.84 Å². The van der Waals surface area contributed by atoms with Gasteiger partial charge in [0.25, 0.3) is 0 Å². The molecule has 1 rings (SSSR count). The zero-order valence-corrected chi connectivity index (χ0v) is 11.4. The normalized spacial score (nSPS) is 10.5. The van der Waals surface area contributed by atoms with Gasteiger partial charge in [0.1, 0.15) is 0 Å². The first-order valence-electron chi connectivity index (χ1n) is 5.45. The molecule has 0 atom stereocenters. The van der Waals surface area contributed by atoms with Gasteiger partial charge >= 0.3 is 0 Å². The molecule has 1 aromatic carbocycles. The van der Waals surface area contributed by atoms with Gasteiger partial charge in [-0.3, -0.25) is 20.8 Å². The minimum absolute atomic E-state index is 0.243. The molecule has 0 fully saturated rings. The topological polar surface area (TPSA) is 102 Å². The third-order valence-electron chi connectivity index (χ3n) is 2.91. The Bertz CT molecular complexity index is 545. The highest BCUT2D eigenvalue weighted by molar-refractivity contribution is 7.73. The van der Waals surface area contributed by atoms with Gasteiger partial charge < -0.3 is 0 Å². The molecule has 0 bridgehead atoms. The molecule has 0 aliphatic heterocycles. The minimum Gasteiger partial charge on any atom is -0.290 e. The van der Waals surface area contributed by atoms with Gasteiger partial charge in [0.05, 0.1) is 5.69 Å². The van der Waals surface area contributed by atoms with E-state index in [-0.39, 0.29) is 5.84 Å². The molecule has 1 aromatic rings. The number of hydrogen-bond acceptors (Lipinski definition) is 4. The second-order valence-corrected chi connectivity index (χ2v) is 4.67. The van der Waals surface area contributed by atoms with Crippen molar-refractivity contribution in [3.63, 3.8) is 0 Å². The molecule has 0 saturated carbocycles. The SMILES string of the molecule is CCc1c(C)c(C)cc(C(=N)NO)c1N[SH](=O)=O. The molecule has 7 heteroatoms. The maximum absolute atomic E-state index is 10.9. The van der Waals surface area contributed by atoms with Gasteiger partial charge in [-0.15, -0.1) is 0 Å². The first-order valence-corrected chi connectivity index (χ1v) is 6.63. The largest absolute Gasteiger partial charge is 0.290 e. The number of thiol groups is 1. The fraction of sp³-hybridized carbons (Fsp3) is 0.364. The molecule has 0 aliphatic rings. The van der Waals surface area contributed by atoms with E-state index in [0.29, 0.717) is 17.7 Å². The summed E-state index contributed by atoms with van der Waals surface area (Å²) in [7, 11) is -2.82. The molecule has 0 radical (unpaired) electrons. The Morgan fingerprint density at radius 3 is 2.50 bits per heavy atom. The number of rotatable bonds is 4.